The molecule has 1 unspecified atom stereocenters. The summed E-state index contributed by atoms with van der Waals surface area (Å²) in [5.74, 6) is 0. The van der Waals surface area contributed by atoms with Gasteiger partial charge in [-0.2, -0.15) is 0 Å². The zero-order valence-corrected chi connectivity index (χ0v) is 12.0. The summed E-state index contributed by atoms with van der Waals surface area (Å²) in [7, 11) is -3.53. The fourth-order valence-electron chi connectivity index (χ4n) is 2.44. The number of nitrogens with zero attached hydrogens (tertiary/aromatic N) is 1. The number of nitrogens with two attached hydrogens (primary N) is 1. The number of para-hydroxylation sites is 1. The Kier molecular flexibility index (Phi) is 4.44. The summed E-state index contributed by atoms with van der Waals surface area (Å²) in [6.07, 6.45) is 2.40. The van der Waals surface area contributed by atoms with Gasteiger partial charge in [0, 0.05) is 12.6 Å². The molecule has 1 aliphatic rings. The van der Waals surface area contributed by atoms with Gasteiger partial charge in [-0.15, -0.1) is 0 Å². The Labute approximate surface area is 114 Å². The first-order chi connectivity index (χ1) is 8.99. The molecule has 1 aromatic carbocycles. The highest BCUT2D eigenvalue weighted by molar-refractivity contribution is 7.89. The van der Waals surface area contributed by atoms with Gasteiger partial charge >= 0.3 is 0 Å². The van der Waals surface area contributed by atoms with Crippen LogP contribution in [0.4, 0.5) is 5.69 Å². The minimum Gasteiger partial charge on any atom is -0.398 e. The lowest BCUT2D eigenvalue weighted by atomic mass is 10.3. The van der Waals surface area contributed by atoms with E-state index in [1.165, 1.54) is 18.9 Å². The van der Waals surface area contributed by atoms with Crippen molar-refractivity contribution in [3.8, 4) is 0 Å². The zero-order valence-electron chi connectivity index (χ0n) is 11.2. The molecule has 0 bridgehead atoms. The van der Waals surface area contributed by atoms with Crippen LogP contribution in [-0.2, 0) is 10.0 Å². The third-order valence-corrected chi connectivity index (χ3v) is 4.96. The number of benzene rings is 1. The van der Waals surface area contributed by atoms with Gasteiger partial charge in [-0.1, -0.05) is 12.1 Å². The number of sulfonamides is 1. The Morgan fingerprint density at radius 1 is 1.32 bits per heavy atom. The van der Waals surface area contributed by atoms with E-state index in [1.54, 1.807) is 18.2 Å². The standard InChI is InChI=1S/C13H21N3O2S/c1-11(10-16-8-4-5-9-16)15-19(17,18)13-7-3-2-6-12(13)14/h2-3,6-7,11,15H,4-5,8-10,14H2,1H3. The van der Waals surface area contributed by atoms with Crippen molar-refractivity contribution < 1.29 is 8.42 Å². The molecule has 19 heavy (non-hydrogen) atoms. The molecule has 1 heterocycles. The maximum atomic E-state index is 12.2. The normalized spacial score (nSPS) is 18.6. The van der Waals surface area contributed by atoms with Gasteiger partial charge in [0.15, 0.2) is 0 Å². The first-order valence-corrected chi connectivity index (χ1v) is 8.06. The maximum absolute atomic E-state index is 12.2. The SMILES string of the molecule is CC(CN1CCCC1)NS(=O)(=O)c1ccccc1N. The molecule has 0 saturated carbocycles. The minimum absolute atomic E-state index is 0.122. The van der Waals surface area contributed by atoms with E-state index < -0.39 is 10.0 Å². The summed E-state index contributed by atoms with van der Waals surface area (Å²) < 4.78 is 27.1. The lowest BCUT2D eigenvalue weighted by Gasteiger charge is -2.21. The van der Waals surface area contributed by atoms with E-state index in [1.807, 2.05) is 6.92 Å². The van der Waals surface area contributed by atoms with Crippen LogP contribution in [0.25, 0.3) is 0 Å². The van der Waals surface area contributed by atoms with Crippen LogP contribution < -0.4 is 10.5 Å². The summed E-state index contributed by atoms with van der Waals surface area (Å²) in [6.45, 7) is 4.74. The molecule has 2 rings (SSSR count). The fraction of sp³-hybridized carbons (Fsp3) is 0.538. The van der Waals surface area contributed by atoms with E-state index in [0.29, 0.717) is 0 Å². The van der Waals surface area contributed by atoms with E-state index >= 15 is 0 Å². The number of rotatable bonds is 5. The summed E-state index contributed by atoms with van der Waals surface area (Å²) in [6, 6.07) is 6.40. The Morgan fingerprint density at radius 2 is 1.95 bits per heavy atom. The Bertz CT molecular complexity index is 524. The van der Waals surface area contributed by atoms with Gasteiger partial charge in [-0.25, -0.2) is 13.1 Å². The van der Waals surface area contributed by atoms with Crippen molar-refractivity contribution in [2.75, 3.05) is 25.4 Å². The molecule has 6 heteroatoms. The second-order valence-electron chi connectivity index (χ2n) is 5.07. The largest absolute Gasteiger partial charge is 0.398 e. The van der Waals surface area contributed by atoms with Crippen LogP contribution in [0.1, 0.15) is 19.8 Å². The highest BCUT2D eigenvalue weighted by Crippen LogP contribution is 2.17. The van der Waals surface area contributed by atoms with E-state index in [-0.39, 0.29) is 16.6 Å². The predicted molar refractivity (Wildman–Crippen MR) is 76.3 cm³/mol. The van der Waals surface area contributed by atoms with Crippen LogP contribution >= 0.6 is 0 Å². The molecule has 1 fully saturated rings. The van der Waals surface area contributed by atoms with Crippen molar-refractivity contribution in [2.45, 2.75) is 30.7 Å². The predicted octanol–water partition coefficient (Wildman–Crippen LogP) is 1.03. The van der Waals surface area contributed by atoms with E-state index in [9.17, 15) is 8.42 Å². The highest BCUT2D eigenvalue weighted by atomic mass is 32.2. The summed E-state index contributed by atoms with van der Waals surface area (Å²) >= 11 is 0. The first kappa shape index (κ1) is 14.3. The average molecular weight is 283 g/mol. The number of hydrogen-bond donors (Lipinski definition) is 2. The van der Waals surface area contributed by atoms with Crippen LogP contribution in [0, 0.1) is 0 Å². The summed E-state index contributed by atoms with van der Waals surface area (Å²) in [5, 5.41) is 0. The Balaban J connectivity index is 2.02. The quantitative estimate of drug-likeness (QED) is 0.792. The lowest BCUT2D eigenvalue weighted by Crippen LogP contribution is -2.41. The maximum Gasteiger partial charge on any atom is 0.242 e. The molecule has 106 valence electrons. The van der Waals surface area contributed by atoms with Crippen molar-refractivity contribution in [1.29, 1.82) is 0 Å². The topological polar surface area (TPSA) is 75.4 Å². The lowest BCUT2D eigenvalue weighted by molar-refractivity contribution is 0.313. The molecule has 1 saturated heterocycles. The number of nitrogens with one attached hydrogen (secondary N) is 1. The summed E-state index contributed by atoms with van der Waals surface area (Å²) in [4.78, 5) is 2.44. The monoisotopic (exact) mass is 283 g/mol. The Hall–Kier alpha value is -1.11. The zero-order chi connectivity index (χ0) is 13.9. The van der Waals surface area contributed by atoms with Crippen LogP contribution in [0.2, 0.25) is 0 Å². The van der Waals surface area contributed by atoms with Crippen molar-refractivity contribution in [1.82, 2.24) is 9.62 Å². The molecule has 0 amide bonds. The number of hydrogen-bond acceptors (Lipinski definition) is 4. The van der Waals surface area contributed by atoms with Crippen LogP contribution in [0.3, 0.4) is 0 Å². The molecule has 0 aromatic heterocycles. The van der Waals surface area contributed by atoms with Crippen molar-refractivity contribution in [2.24, 2.45) is 0 Å². The second-order valence-corrected chi connectivity index (χ2v) is 6.75. The Morgan fingerprint density at radius 3 is 2.58 bits per heavy atom. The van der Waals surface area contributed by atoms with Crippen molar-refractivity contribution >= 4 is 15.7 Å². The molecule has 1 aromatic rings. The van der Waals surface area contributed by atoms with Crippen molar-refractivity contribution in [3.05, 3.63) is 24.3 Å². The average Bonchev–Trinajstić information content (AvgIpc) is 2.81. The van der Waals surface area contributed by atoms with Gasteiger partial charge in [0.05, 0.1) is 5.69 Å². The highest BCUT2D eigenvalue weighted by Gasteiger charge is 2.22. The number of anilines is 1. The van der Waals surface area contributed by atoms with Crippen LogP contribution in [0.5, 0.6) is 0 Å². The molecule has 1 atom stereocenters. The fourth-order valence-corrected chi connectivity index (χ4v) is 3.81. The van der Waals surface area contributed by atoms with Gasteiger partial charge in [-0.3, -0.25) is 0 Å². The first-order valence-electron chi connectivity index (χ1n) is 6.58. The van der Waals surface area contributed by atoms with E-state index in [4.69, 9.17) is 5.73 Å². The molecule has 0 spiro atoms. The molecule has 3 N–H and O–H groups in total. The van der Waals surface area contributed by atoms with E-state index in [0.717, 1.165) is 19.6 Å². The number of likely N-dealkylation sites (tertiary alicyclic amines) is 1. The van der Waals surface area contributed by atoms with Crippen molar-refractivity contribution in [3.63, 3.8) is 0 Å². The third-order valence-electron chi connectivity index (χ3n) is 3.30. The summed E-state index contributed by atoms with van der Waals surface area (Å²) in [5.41, 5.74) is 6.00. The molecular formula is C13H21N3O2S. The van der Waals surface area contributed by atoms with Crippen LogP contribution in [0.15, 0.2) is 29.2 Å². The van der Waals surface area contributed by atoms with Crippen LogP contribution in [-0.4, -0.2) is 39.0 Å². The molecule has 0 radical (unpaired) electrons. The molecule has 0 aliphatic carbocycles. The van der Waals surface area contributed by atoms with Gasteiger partial charge in [0.25, 0.3) is 0 Å². The number of nitrogen functional groups attached to an aromatic ring is 1. The minimum atomic E-state index is -3.53. The third kappa shape index (κ3) is 3.68. The van der Waals surface area contributed by atoms with Gasteiger partial charge in [0.2, 0.25) is 10.0 Å². The molecular weight excluding hydrogens is 262 g/mol. The van der Waals surface area contributed by atoms with E-state index in [2.05, 4.69) is 9.62 Å². The molecule has 1 aliphatic heterocycles. The molecule has 5 nitrogen and oxygen atoms in total. The van der Waals surface area contributed by atoms with Gasteiger partial charge in [-0.05, 0) is 45.0 Å². The smallest absolute Gasteiger partial charge is 0.242 e. The van der Waals surface area contributed by atoms with Gasteiger partial charge < -0.3 is 10.6 Å². The second kappa shape index (κ2) is 5.90. The van der Waals surface area contributed by atoms with Gasteiger partial charge in [0.1, 0.15) is 4.90 Å².